The van der Waals surface area contributed by atoms with Crippen LogP contribution in [-0.4, -0.2) is 45.2 Å². The van der Waals surface area contributed by atoms with Gasteiger partial charge in [0.2, 0.25) is 10.0 Å². The zero-order valence-corrected chi connectivity index (χ0v) is 15.7. The van der Waals surface area contributed by atoms with Crippen LogP contribution >= 0.6 is 22.9 Å². The van der Waals surface area contributed by atoms with Crippen LogP contribution in [0.15, 0.2) is 41.8 Å². The van der Waals surface area contributed by atoms with Gasteiger partial charge in [0.25, 0.3) is 0 Å². The summed E-state index contributed by atoms with van der Waals surface area (Å²) in [6.45, 7) is 2.04. The van der Waals surface area contributed by atoms with Gasteiger partial charge < -0.3 is 4.90 Å². The van der Waals surface area contributed by atoms with Gasteiger partial charge in [-0.15, -0.1) is 11.3 Å². The van der Waals surface area contributed by atoms with Crippen LogP contribution in [0.4, 0.5) is 5.00 Å². The van der Waals surface area contributed by atoms with Crippen molar-refractivity contribution in [1.82, 2.24) is 4.31 Å². The first-order chi connectivity index (χ1) is 12.0. The van der Waals surface area contributed by atoms with Crippen molar-refractivity contribution in [3.05, 3.63) is 57.3 Å². The first-order valence-electron chi connectivity index (χ1n) is 7.72. The van der Waals surface area contributed by atoms with E-state index in [9.17, 15) is 13.2 Å². The summed E-state index contributed by atoms with van der Waals surface area (Å²) < 4.78 is 26.4. The molecule has 1 fully saturated rings. The molecule has 1 aromatic heterocycles. The van der Waals surface area contributed by atoms with Crippen molar-refractivity contribution in [1.29, 1.82) is 0 Å². The fourth-order valence-corrected chi connectivity index (χ4v) is 4.74. The predicted octanol–water partition coefficient (Wildman–Crippen LogP) is 3.34. The Morgan fingerprint density at radius 1 is 1.00 bits per heavy atom. The van der Waals surface area contributed by atoms with E-state index in [1.807, 2.05) is 6.07 Å². The number of benzene rings is 1. The first-order valence-corrected chi connectivity index (χ1v) is 10.4. The van der Waals surface area contributed by atoms with Gasteiger partial charge in [0.15, 0.2) is 6.29 Å². The molecule has 1 aromatic carbocycles. The number of piperazine rings is 1. The molecule has 0 amide bonds. The molecule has 0 spiro atoms. The largest absolute Gasteiger partial charge is 0.361 e. The minimum absolute atomic E-state index is 0.418. The molecule has 0 N–H and O–H groups in total. The monoisotopic (exact) mass is 396 g/mol. The molecule has 132 valence electrons. The van der Waals surface area contributed by atoms with E-state index in [0.29, 0.717) is 36.1 Å². The van der Waals surface area contributed by atoms with E-state index in [2.05, 4.69) is 4.90 Å². The number of carbonyl (C=O) groups excluding carboxylic acids is 1. The number of aldehydes is 1. The Labute approximate surface area is 156 Å². The molecule has 2 heterocycles. The van der Waals surface area contributed by atoms with E-state index in [4.69, 9.17) is 11.6 Å². The third-order valence-corrected chi connectivity index (χ3v) is 6.83. The van der Waals surface area contributed by atoms with Gasteiger partial charge >= 0.3 is 0 Å². The molecular weight excluding hydrogens is 380 g/mol. The Morgan fingerprint density at radius 3 is 2.28 bits per heavy atom. The smallest absolute Gasteiger partial charge is 0.236 e. The molecule has 8 heteroatoms. The minimum atomic E-state index is -3.46. The number of hydrogen-bond donors (Lipinski definition) is 0. The Balaban J connectivity index is 1.62. The topological polar surface area (TPSA) is 57.7 Å². The molecule has 0 bridgehead atoms. The quantitative estimate of drug-likeness (QED) is 0.727. The molecule has 0 aliphatic carbocycles. The predicted molar refractivity (Wildman–Crippen MR) is 103 cm³/mol. The molecule has 5 nitrogen and oxygen atoms in total. The molecular formula is C17H17ClN2O3S2. The van der Waals surface area contributed by atoms with Gasteiger partial charge in [0, 0.05) is 36.6 Å². The number of anilines is 1. The van der Waals surface area contributed by atoms with E-state index in [1.54, 1.807) is 36.4 Å². The summed E-state index contributed by atoms with van der Waals surface area (Å²) in [7, 11) is -3.46. The summed E-state index contributed by atoms with van der Waals surface area (Å²) in [5.41, 5.74) is 0.784. The highest BCUT2D eigenvalue weighted by Gasteiger charge is 2.25. The lowest BCUT2D eigenvalue weighted by molar-refractivity contribution is 0.112. The van der Waals surface area contributed by atoms with Crippen molar-refractivity contribution < 1.29 is 13.2 Å². The van der Waals surface area contributed by atoms with E-state index in [1.165, 1.54) is 21.1 Å². The van der Waals surface area contributed by atoms with Crippen LogP contribution in [0.3, 0.4) is 0 Å². The fraction of sp³-hybridized carbons (Fsp3) is 0.235. The van der Waals surface area contributed by atoms with Gasteiger partial charge in [-0.2, -0.15) is 4.31 Å². The van der Waals surface area contributed by atoms with E-state index < -0.39 is 10.0 Å². The molecule has 3 rings (SSSR count). The number of sulfonamides is 1. The number of thiophene rings is 1. The molecule has 0 atom stereocenters. The lowest BCUT2D eigenvalue weighted by atomic mass is 10.2. The number of nitrogens with zero attached hydrogens (tertiary/aromatic N) is 2. The fourth-order valence-electron chi connectivity index (χ4n) is 2.56. The van der Waals surface area contributed by atoms with Crippen molar-refractivity contribution in [3.8, 4) is 0 Å². The maximum Gasteiger partial charge on any atom is 0.236 e. The number of hydrogen-bond acceptors (Lipinski definition) is 5. The molecule has 0 saturated carbocycles. The standard InChI is InChI=1S/C17H17ClN2O3S2/c18-15-3-1-14(2-4-15)7-12-25(22,23)20-10-8-19(9-11-20)17-6-5-16(13-21)24-17/h1-7,12-13H,8-11H2/b12-7+. The van der Waals surface area contributed by atoms with Gasteiger partial charge in [-0.05, 0) is 35.9 Å². The van der Waals surface area contributed by atoms with Gasteiger partial charge in [0.05, 0.1) is 9.88 Å². The molecule has 1 aliphatic heterocycles. The van der Waals surface area contributed by atoms with Crippen LogP contribution in [0.5, 0.6) is 0 Å². The first kappa shape index (κ1) is 18.1. The van der Waals surface area contributed by atoms with Crippen LogP contribution < -0.4 is 4.90 Å². The van der Waals surface area contributed by atoms with Crippen molar-refractivity contribution in [2.24, 2.45) is 0 Å². The SMILES string of the molecule is O=Cc1ccc(N2CCN(S(=O)(=O)/C=C/c3ccc(Cl)cc3)CC2)s1. The van der Waals surface area contributed by atoms with Crippen LogP contribution in [0.25, 0.3) is 6.08 Å². The zero-order valence-electron chi connectivity index (χ0n) is 13.3. The third-order valence-electron chi connectivity index (χ3n) is 3.94. The number of halogens is 1. The second-order valence-corrected chi connectivity index (χ2v) is 8.93. The summed E-state index contributed by atoms with van der Waals surface area (Å²) in [5.74, 6) is 0. The normalized spacial score (nSPS) is 16.4. The van der Waals surface area contributed by atoms with E-state index in [0.717, 1.165) is 16.9 Å². The molecule has 2 aromatic rings. The summed E-state index contributed by atoms with van der Waals surface area (Å²) in [6.07, 6.45) is 2.41. The Morgan fingerprint density at radius 2 is 1.68 bits per heavy atom. The van der Waals surface area contributed by atoms with Crippen molar-refractivity contribution in [3.63, 3.8) is 0 Å². The summed E-state index contributed by atoms with van der Waals surface area (Å²) in [5, 5.41) is 2.85. The number of carbonyl (C=O) groups is 1. The highest BCUT2D eigenvalue weighted by atomic mass is 35.5. The highest BCUT2D eigenvalue weighted by molar-refractivity contribution is 7.92. The minimum Gasteiger partial charge on any atom is -0.361 e. The second-order valence-electron chi connectivity index (χ2n) is 5.58. The van der Waals surface area contributed by atoms with Gasteiger partial charge in [0.1, 0.15) is 0 Å². The van der Waals surface area contributed by atoms with Crippen molar-refractivity contribution >= 4 is 50.3 Å². The maximum absolute atomic E-state index is 12.5. The van der Waals surface area contributed by atoms with E-state index >= 15 is 0 Å². The average Bonchev–Trinajstić information content (AvgIpc) is 3.11. The van der Waals surface area contributed by atoms with Crippen molar-refractivity contribution in [2.45, 2.75) is 0 Å². The molecule has 1 aliphatic rings. The van der Waals surface area contributed by atoms with Gasteiger partial charge in [-0.1, -0.05) is 23.7 Å². The molecule has 1 saturated heterocycles. The van der Waals surface area contributed by atoms with Gasteiger partial charge in [-0.3, -0.25) is 4.79 Å². The van der Waals surface area contributed by atoms with Crippen LogP contribution in [0.1, 0.15) is 15.2 Å². The average molecular weight is 397 g/mol. The van der Waals surface area contributed by atoms with Crippen molar-refractivity contribution in [2.75, 3.05) is 31.1 Å². The molecule has 25 heavy (non-hydrogen) atoms. The zero-order chi connectivity index (χ0) is 17.9. The summed E-state index contributed by atoms with van der Waals surface area (Å²) >= 11 is 7.25. The molecule has 0 radical (unpaired) electrons. The van der Waals surface area contributed by atoms with Crippen LogP contribution in [0, 0.1) is 0 Å². The third kappa shape index (κ3) is 4.49. The number of rotatable bonds is 5. The lowest BCUT2D eigenvalue weighted by Crippen LogP contribution is -2.47. The summed E-state index contributed by atoms with van der Waals surface area (Å²) in [6, 6.07) is 10.7. The van der Waals surface area contributed by atoms with Gasteiger partial charge in [-0.25, -0.2) is 8.42 Å². The van der Waals surface area contributed by atoms with Crippen LogP contribution in [-0.2, 0) is 10.0 Å². The Kier molecular flexibility index (Phi) is 5.58. The second kappa shape index (κ2) is 7.70. The summed E-state index contributed by atoms with van der Waals surface area (Å²) in [4.78, 5) is 13.6. The lowest BCUT2D eigenvalue weighted by Gasteiger charge is -2.33. The highest BCUT2D eigenvalue weighted by Crippen LogP contribution is 2.26. The Hall–Kier alpha value is -1.67. The molecule has 0 unspecified atom stereocenters. The maximum atomic E-state index is 12.5. The van der Waals surface area contributed by atoms with E-state index in [-0.39, 0.29) is 0 Å². The Bertz CT molecular complexity index is 868. The van der Waals surface area contributed by atoms with Crippen LogP contribution in [0.2, 0.25) is 5.02 Å².